The molecule has 1 heterocycles. The molecule has 2 rings (SSSR count). The zero-order chi connectivity index (χ0) is 22.9. The van der Waals surface area contributed by atoms with Crippen molar-refractivity contribution in [1.82, 2.24) is 19.6 Å². The molecule has 0 aromatic heterocycles. The molecule has 0 N–H and O–H groups in total. The molecule has 0 bridgehead atoms. The monoisotopic (exact) mass is 432 g/mol. The van der Waals surface area contributed by atoms with Crippen molar-refractivity contribution in [1.29, 1.82) is 0 Å². The Morgan fingerprint density at radius 2 is 0.935 bits per heavy atom. The zero-order valence-corrected chi connectivity index (χ0v) is 19.5. The summed E-state index contributed by atoms with van der Waals surface area (Å²) in [7, 11) is 0. The lowest BCUT2D eigenvalue weighted by atomic mass is 10.1. The quantitative estimate of drug-likeness (QED) is 0.575. The molecule has 7 nitrogen and oxygen atoms in total. The Labute approximate surface area is 188 Å². The van der Waals surface area contributed by atoms with Crippen LogP contribution in [0.3, 0.4) is 0 Å². The summed E-state index contributed by atoms with van der Waals surface area (Å²) in [5.41, 5.74) is 2.51. The molecule has 0 unspecified atom stereocenters. The van der Waals surface area contributed by atoms with Crippen LogP contribution in [0.1, 0.15) is 25.0 Å². The van der Waals surface area contributed by atoms with Crippen LogP contribution < -0.4 is 0 Å². The summed E-state index contributed by atoms with van der Waals surface area (Å²) < 4.78 is 0. The number of benzene rings is 1. The van der Waals surface area contributed by atoms with Gasteiger partial charge in [-0.3, -0.25) is 19.6 Å². The molecule has 0 aliphatic carbocycles. The highest BCUT2D eigenvalue weighted by Crippen LogP contribution is 2.08. The van der Waals surface area contributed by atoms with Gasteiger partial charge in [0.1, 0.15) is 18.9 Å². The minimum absolute atomic E-state index is 0.378. The Bertz CT molecular complexity index is 598. The largest absolute Gasteiger partial charge is 0.302 e. The number of hydrogen-bond donors (Lipinski definition) is 0. The number of carbonyl (C=O) groups is 3. The summed E-state index contributed by atoms with van der Waals surface area (Å²) in [4.78, 5) is 42.0. The molecule has 0 amide bonds. The van der Waals surface area contributed by atoms with Crippen LogP contribution in [0.4, 0.5) is 0 Å². The molecule has 1 aromatic carbocycles. The van der Waals surface area contributed by atoms with Gasteiger partial charge in [-0.2, -0.15) is 0 Å². The Hall–Kier alpha value is -1.93. The van der Waals surface area contributed by atoms with Crippen molar-refractivity contribution in [2.24, 2.45) is 0 Å². The Morgan fingerprint density at radius 1 is 0.613 bits per heavy atom. The molecule has 0 spiro atoms. The van der Waals surface area contributed by atoms with E-state index < -0.39 is 0 Å². The smallest absolute Gasteiger partial charge is 0.133 e. The first-order chi connectivity index (χ1) is 15.1. The van der Waals surface area contributed by atoms with Crippen molar-refractivity contribution in [2.75, 3.05) is 72.0 Å². The molecule has 0 saturated carbocycles. The van der Waals surface area contributed by atoms with Gasteiger partial charge in [0.05, 0.1) is 19.6 Å². The lowest BCUT2D eigenvalue weighted by Crippen LogP contribution is -2.46. The average Bonchev–Trinajstić information content (AvgIpc) is 2.78. The summed E-state index contributed by atoms with van der Waals surface area (Å²) in [6.45, 7) is 14.4. The van der Waals surface area contributed by atoms with Crippen LogP contribution in [0.25, 0.3) is 0 Å². The Morgan fingerprint density at radius 3 is 1.26 bits per heavy atom. The van der Waals surface area contributed by atoms with Gasteiger partial charge in [-0.05, 0) is 12.5 Å². The Balaban J connectivity index is 0.00000233. The lowest BCUT2D eigenvalue weighted by molar-refractivity contribution is -0.110. The van der Waals surface area contributed by atoms with Gasteiger partial charge in [-0.1, -0.05) is 43.7 Å². The van der Waals surface area contributed by atoms with Crippen LogP contribution >= 0.6 is 0 Å². The van der Waals surface area contributed by atoms with Crippen LogP contribution in [-0.4, -0.2) is 110 Å². The third kappa shape index (κ3) is 11.3. The molecule has 1 aliphatic heterocycles. The van der Waals surface area contributed by atoms with Crippen molar-refractivity contribution in [3.63, 3.8) is 0 Å². The Kier molecular flexibility index (Phi) is 14.6. The fraction of sp³-hybridized carbons (Fsp3) is 0.625. The van der Waals surface area contributed by atoms with Gasteiger partial charge in [-0.25, -0.2) is 0 Å². The fourth-order valence-corrected chi connectivity index (χ4v) is 3.55. The predicted molar refractivity (Wildman–Crippen MR) is 125 cm³/mol. The van der Waals surface area contributed by atoms with Crippen LogP contribution in [0.5, 0.6) is 0 Å². The molecule has 174 valence electrons. The van der Waals surface area contributed by atoms with E-state index in [2.05, 4.69) is 50.8 Å². The molecule has 1 aliphatic rings. The number of carbonyl (C=O) groups excluding carboxylic acids is 3. The first kappa shape index (κ1) is 27.1. The maximum absolute atomic E-state index is 11.1. The van der Waals surface area contributed by atoms with Crippen LogP contribution in [0.2, 0.25) is 0 Å². The van der Waals surface area contributed by atoms with E-state index in [9.17, 15) is 14.4 Å². The molecule has 1 saturated heterocycles. The number of rotatable bonds is 8. The maximum atomic E-state index is 11.1. The zero-order valence-electron chi connectivity index (χ0n) is 19.5. The van der Waals surface area contributed by atoms with E-state index >= 15 is 0 Å². The normalized spacial score (nSPS) is 18.2. The van der Waals surface area contributed by atoms with E-state index in [4.69, 9.17) is 0 Å². The van der Waals surface area contributed by atoms with Crippen molar-refractivity contribution < 1.29 is 14.4 Å². The van der Waals surface area contributed by atoms with Gasteiger partial charge in [-0.15, -0.1) is 0 Å². The van der Waals surface area contributed by atoms with Crippen LogP contribution in [-0.2, 0) is 20.9 Å². The number of aldehydes is 3. The van der Waals surface area contributed by atoms with Crippen molar-refractivity contribution in [3.8, 4) is 0 Å². The maximum Gasteiger partial charge on any atom is 0.133 e. The standard InChI is InChI=1S/C22H34N4O3.C2H6/c1-21-2-4-22(5-3-21)20-26-12-10-24(15-18-28)8-6-23(14-17-27)7-9-25(11-13-26)16-19-29;1-2/h2-5,17-19H,6-16,20H2,1H3;1-2H3. The molecule has 0 radical (unpaired) electrons. The predicted octanol–water partition coefficient (Wildman–Crippen LogP) is 1.34. The second-order valence-corrected chi connectivity index (χ2v) is 7.66. The SMILES string of the molecule is CC.Cc1ccc(CN2CCN(CC=O)CCN(CC=O)CCN(CC=O)CC2)cc1. The van der Waals surface area contributed by atoms with E-state index in [0.29, 0.717) is 19.6 Å². The summed E-state index contributed by atoms with van der Waals surface area (Å²) in [6.07, 6.45) is 2.82. The van der Waals surface area contributed by atoms with Gasteiger partial charge in [0.2, 0.25) is 0 Å². The molecule has 31 heavy (non-hydrogen) atoms. The summed E-state index contributed by atoms with van der Waals surface area (Å²) in [5.74, 6) is 0. The number of hydrogen-bond acceptors (Lipinski definition) is 7. The fourth-order valence-electron chi connectivity index (χ4n) is 3.55. The van der Waals surface area contributed by atoms with Gasteiger partial charge >= 0.3 is 0 Å². The molecular formula is C24H40N4O3. The molecule has 1 fully saturated rings. The van der Waals surface area contributed by atoms with Crippen LogP contribution in [0.15, 0.2) is 24.3 Å². The topological polar surface area (TPSA) is 64.2 Å². The summed E-state index contributed by atoms with van der Waals surface area (Å²) >= 11 is 0. The van der Waals surface area contributed by atoms with Crippen molar-refractivity contribution >= 4 is 18.9 Å². The second kappa shape index (κ2) is 16.7. The number of nitrogens with zero attached hydrogens (tertiary/aromatic N) is 4. The first-order valence-corrected chi connectivity index (χ1v) is 11.4. The van der Waals surface area contributed by atoms with Crippen molar-refractivity contribution in [2.45, 2.75) is 27.3 Å². The van der Waals surface area contributed by atoms with Gasteiger partial charge in [0.25, 0.3) is 0 Å². The molecular weight excluding hydrogens is 392 g/mol. The van der Waals surface area contributed by atoms with Gasteiger partial charge < -0.3 is 14.4 Å². The van der Waals surface area contributed by atoms with E-state index in [1.54, 1.807) is 0 Å². The highest BCUT2D eigenvalue weighted by molar-refractivity contribution is 5.52. The van der Waals surface area contributed by atoms with Crippen LogP contribution in [0, 0.1) is 6.92 Å². The van der Waals surface area contributed by atoms with E-state index in [-0.39, 0.29) is 0 Å². The van der Waals surface area contributed by atoms with Crippen molar-refractivity contribution in [3.05, 3.63) is 35.4 Å². The number of aryl methyl sites for hydroxylation is 1. The minimum Gasteiger partial charge on any atom is -0.302 e. The van der Waals surface area contributed by atoms with E-state index in [1.165, 1.54) is 11.1 Å². The second-order valence-electron chi connectivity index (χ2n) is 7.66. The minimum atomic E-state index is 0.378. The molecule has 1 aromatic rings. The third-order valence-corrected chi connectivity index (χ3v) is 5.45. The van der Waals surface area contributed by atoms with Gasteiger partial charge in [0.15, 0.2) is 0 Å². The highest BCUT2D eigenvalue weighted by atomic mass is 16.1. The lowest BCUT2D eigenvalue weighted by Gasteiger charge is -2.33. The van der Waals surface area contributed by atoms with E-state index in [0.717, 1.165) is 77.8 Å². The summed E-state index contributed by atoms with van der Waals surface area (Å²) in [6, 6.07) is 8.58. The third-order valence-electron chi connectivity index (χ3n) is 5.45. The molecule has 7 heteroatoms. The van der Waals surface area contributed by atoms with E-state index in [1.807, 2.05) is 13.8 Å². The van der Waals surface area contributed by atoms with Gasteiger partial charge in [0, 0.05) is 58.9 Å². The summed E-state index contributed by atoms with van der Waals surface area (Å²) in [5, 5.41) is 0. The average molecular weight is 433 g/mol. The first-order valence-electron chi connectivity index (χ1n) is 11.4. The highest BCUT2D eigenvalue weighted by Gasteiger charge is 2.16. The molecule has 0 atom stereocenters.